The van der Waals surface area contributed by atoms with Crippen LogP contribution in [0, 0.1) is 5.92 Å². The highest BCUT2D eigenvalue weighted by Gasteiger charge is 2.15. The van der Waals surface area contributed by atoms with Crippen LogP contribution in [0.4, 0.5) is 0 Å². The van der Waals surface area contributed by atoms with Crippen molar-refractivity contribution in [3.05, 3.63) is 77.9 Å². The molecule has 0 aliphatic heterocycles. The van der Waals surface area contributed by atoms with Crippen LogP contribution in [-0.4, -0.2) is 27.2 Å². The SMILES string of the molecule is C/N=C/c1ccccc1Pc1cccc(CC2C=CC=CC2)c1OCOC. The van der Waals surface area contributed by atoms with Gasteiger partial charge in [0.05, 0.1) is 0 Å². The summed E-state index contributed by atoms with van der Waals surface area (Å²) in [5.74, 6) is 1.47. The van der Waals surface area contributed by atoms with Crippen LogP contribution >= 0.6 is 8.58 Å². The first-order valence-electron chi connectivity index (χ1n) is 9.17. The number of hydrogen-bond donors (Lipinski definition) is 0. The van der Waals surface area contributed by atoms with Crippen molar-refractivity contribution in [3.63, 3.8) is 0 Å². The van der Waals surface area contributed by atoms with E-state index in [4.69, 9.17) is 9.47 Å². The minimum absolute atomic E-state index is 0.257. The molecule has 2 aromatic rings. The van der Waals surface area contributed by atoms with E-state index >= 15 is 0 Å². The van der Waals surface area contributed by atoms with Crippen molar-refractivity contribution in [1.82, 2.24) is 0 Å². The summed E-state index contributed by atoms with van der Waals surface area (Å²) in [4.78, 5) is 4.19. The molecule has 3 rings (SSSR count). The van der Waals surface area contributed by atoms with E-state index in [2.05, 4.69) is 65.7 Å². The first kappa shape index (κ1) is 19.5. The maximum Gasteiger partial charge on any atom is 0.188 e. The van der Waals surface area contributed by atoms with Gasteiger partial charge in [-0.2, -0.15) is 0 Å². The van der Waals surface area contributed by atoms with E-state index in [1.54, 1.807) is 14.2 Å². The molecular formula is C23H26NO2P. The van der Waals surface area contributed by atoms with Gasteiger partial charge in [0.1, 0.15) is 5.75 Å². The molecule has 0 amide bonds. The molecule has 0 saturated heterocycles. The van der Waals surface area contributed by atoms with Crippen molar-refractivity contribution in [1.29, 1.82) is 0 Å². The molecule has 0 bridgehead atoms. The molecular weight excluding hydrogens is 353 g/mol. The summed E-state index contributed by atoms with van der Waals surface area (Å²) in [5, 5.41) is 2.47. The molecule has 2 aromatic carbocycles. The third-order valence-corrected chi connectivity index (χ3v) is 5.86. The Morgan fingerprint density at radius 2 is 1.96 bits per heavy atom. The lowest BCUT2D eigenvalue weighted by molar-refractivity contribution is 0.0511. The Balaban J connectivity index is 1.91. The van der Waals surface area contributed by atoms with Gasteiger partial charge < -0.3 is 9.47 Å². The minimum atomic E-state index is 0.257. The highest BCUT2D eigenvalue weighted by Crippen LogP contribution is 2.28. The number of rotatable bonds is 8. The van der Waals surface area contributed by atoms with Gasteiger partial charge in [0.15, 0.2) is 6.79 Å². The smallest absolute Gasteiger partial charge is 0.188 e. The molecule has 3 nitrogen and oxygen atoms in total. The number of hydrogen-bond acceptors (Lipinski definition) is 3. The van der Waals surface area contributed by atoms with Crippen LogP contribution in [0.2, 0.25) is 0 Å². The molecule has 27 heavy (non-hydrogen) atoms. The predicted molar refractivity (Wildman–Crippen MR) is 117 cm³/mol. The molecule has 2 unspecified atom stereocenters. The quantitative estimate of drug-likeness (QED) is 0.394. The van der Waals surface area contributed by atoms with Gasteiger partial charge in [-0.3, -0.25) is 4.99 Å². The first-order chi connectivity index (χ1) is 13.3. The number of nitrogens with zero attached hydrogens (tertiary/aromatic N) is 1. The summed E-state index contributed by atoms with van der Waals surface area (Å²) in [6.07, 6.45) is 12.7. The molecule has 0 radical (unpaired) electrons. The van der Waals surface area contributed by atoms with Crippen LogP contribution in [-0.2, 0) is 11.2 Å². The molecule has 0 spiro atoms. The molecule has 0 aromatic heterocycles. The number of para-hydroxylation sites is 1. The molecule has 4 heteroatoms. The van der Waals surface area contributed by atoms with E-state index in [0.717, 1.165) is 24.2 Å². The van der Waals surface area contributed by atoms with Crippen molar-refractivity contribution in [2.75, 3.05) is 21.0 Å². The van der Waals surface area contributed by atoms with Crippen molar-refractivity contribution < 1.29 is 9.47 Å². The normalized spacial score (nSPS) is 16.6. The van der Waals surface area contributed by atoms with Gasteiger partial charge in [-0.25, -0.2) is 0 Å². The zero-order chi connectivity index (χ0) is 18.9. The van der Waals surface area contributed by atoms with Gasteiger partial charge in [-0.05, 0) is 35.2 Å². The molecule has 1 aliphatic rings. The molecule has 0 saturated carbocycles. The summed E-state index contributed by atoms with van der Waals surface area (Å²) in [7, 11) is 3.96. The molecule has 0 N–H and O–H groups in total. The minimum Gasteiger partial charge on any atom is -0.467 e. The average molecular weight is 379 g/mol. The lowest BCUT2D eigenvalue weighted by Crippen LogP contribution is -2.15. The summed E-state index contributed by atoms with van der Waals surface area (Å²) < 4.78 is 11.2. The zero-order valence-corrected chi connectivity index (χ0v) is 16.9. The van der Waals surface area contributed by atoms with Crippen molar-refractivity contribution in [3.8, 4) is 5.75 Å². The van der Waals surface area contributed by atoms with E-state index < -0.39 is 0 Å². The fourth-order valence-corrected chi connectivity index (χ4v) is 4.49. The van der Waals surface area contributed by atoms with Crippen molar-refractivity contribution in [2.24, 2.45) is 10.9 Å². The second-order valence-electron chi connectivity index (χ2n) is 6.46. The van der Waals surface area contributed by atoms with Gasteiger partial charge in [0.2, 0.25) is 0 Å². The first-order valence-corrected chi connectivity index (χ1v) is 10.2. The standard InChI is InChI=1S/C23H26NO2P/c1-24-16-20-11-6-7-13-21(20)27-22-14-8-12-19(23(22)26-17-25-2)15-18-9-4-3-5-10-18/h3-9,11-14,16,18,27H,10,15,17H2,1-2H3/b24-16+. The summed E-state index contributed by atoms with van der Waals surface area (Å²) in [6, 6.07) is 14.9. The number of aliphatic imine (C=N–C) groups is 1. The summed E-state index contributed by atoms with van der Waals surface area (Å²) in [6.45, 7) is 0.257. The van der Waals surface area contributed by atoms with E-state index in [1.165, 1.54) is 16.2 Å². The third kappa shape index (κ3) is 5.38. The molecule has 140 valence electrons. The third-order valence-electron chi connectivity index (χ3n) is 4.47. The zero-order valence-electron chi connectivity index (χ0n) is 15.9. The molecule has 0 heterocycles. The second-order valence-corrected chi connectivity index (χ2v) is 7.78. The van der Waals surface area contributed by atoms with Crippen LogP contribution in [0.25, 0.3) is 0 Å². The van der Waals surface area contributed by atoms with Crippen molar-refractivity contribution in [2.45, 2.75) is 12.8 Å². The maximum atomic E-state index is 6.04. The maximum absolute atomic E-state index is 6.04. The lowest BCUT2D eigenvalue weighted by atomic mass is 9.93. The van der Waals surface area contributed by atoms with E-state index in [9.17, 15) is 0 Å². The van der Waals surface area contributed by atoms with Gasteiger partial charge in [-0.15, -0.1) is 0 Å². The van der Waals surface area contributed by atoms with Gasteiger partial charge in [0.25, 0.3) is 0 Å². The second kappa shape index (κ2) is 10.2. The molecule has 0 fully saturated rings. The Morgan fingerprint density at radius 3 is 2.74 bits per heavy atom. The fraction of sp³-hybridized carbons (Fsp3) is 0.261. The highest BCUT2D eigenvalue weighted by molar-refractivity contribution is 7.56. The van der Waals surface area contributed by atoms with Crippen LogP contribution in [0.1, 0.15) is 17.5 Å². The van der Waals surface area contributed by atoms with Crippen LogP contribution in [0.3, 0.4) is 0 Å². The van der Waals surface area contributed by atoms with Crippen LogP contribution in [0.15, 0.2) is 71.8 Å². The van der Waals surface area contributed by atoms with Gasteiger partial charge >= 0.3 is 0 Å². The predicted octanol–water partition coefficient (Wildman–Crippen LogP) is 4.02. The Morgan fingerprint density at radius 1 is 1.11 bits per heavy atom. The Kier molecular flexibility index (Phi) is 7.38. The number of allylic oxidation sites excluding steroid dienone is 4. The Hall–Kier alpha value is -2.22. The summed E-state index contributed by atoms with van der Waals surface area (Å²) >= 11 is 0. The van der Waals surface area contributed by atoms with Crippen LogP contribution in [0.5, 0.6) is 5.75 Å². The monoisotopic (exact) mass is 379 g/mol. The van der Waals surface area contributed by atoms with E-state index in [0.29, 0.717) is 14.5 Å². The van der Waals surface area contributed by atoms with E-state index in [1.807, 2.05) is 12.3 Å². The number of benzene rings is 2. The average Bonchev–Trinajstić information content (AvgIpc) is 2.70. The molecule has 1 aliphatic carbocycles. The van der Waals surface area contributed by atoms with Gasteiger partial charge in [0, 0.05) is 25.7 Å². The van der Waals surface area contributed by atoms with Crippen molar-refractivity contribution >= 4 is 25.4 Å². The Bertz CT molecular complexity index is 842. The van der Waals surface area contributed by atoms with Crippen LogP contribution < -0.4 is 15.3 Å². The van der Waals surface area contributed by atoms with Gasteiger partial charge in [-0.1, -0.05) is 75.3 Å². The fourth-order valence-electron chi connectivity index (χ4n) is 3.21. The van der Waals surface area contributed by atoms with E-state index in [-0.39, 0.29) is 6.79 Å². The topological polar surface area (TPSA) is 30.8 Å². The number of methoxy groups -OCH3 is 1. The molecule has 2 atom stereocenters. The highest BCUT2D eigenvalue weighted by atomic mass is 31.1. The Labute approximate surface area is 163 Å². The lowest BCUT2D eigenvalue weighted by Gasteiger charge is -2.19. The summed E-state index contributed by atoms with van der Waals surface area (Å²) in [5.41, 5.74) is 2.39. The number of ether oxygens (including phenoxy) is 2. The largest absolute Gasteiger partial charge is 0.467 e.